The van der Waals surface area contributed by atoms with Gasteiger partial charge in [0.2, 0.25) is 0 Å². The second-order valence-electron chi connectivity index (χ2n) is 2.67. The van der Waals surface area contributed by atoms with Crippen LogP contribution in [0.2, 0.25) is 0 Å². The van der Waals surface area contributed by atoms with E-state index in [9.17, 15) is 5.11 Å². The Morgan fingerprint density at radius 3 is 3.08 bits per heavy atom. The first kappa shape index (κ1) is 8.94. The van der Waals surface area contributed by atoms with Gasteiger partial charge < -0.3 is 5.11 Å². The first-order valence-electron chi connectivity index (χ1n) is 4.03. The lowest BCUT2D eigenvalue weighted by Gasteiger charge is -2.07. The van der Waals surface area contributed by atoms with Gasteiger partial charge in [-0.2, -0.15) is 0 Å². The van der Waals surface area contributed by atoms with Crippen molar-refractivity contribution in [2.24, 2.45) is 0 Å². The van der Waals surface area contributed by atoms with Gasteiger partial charge in [0.1, 0.15) is 0 Å². The van der Waals surface area contributed by atoms with Gasteiger partial charge in [0.15, 0.2) is 0 Å². The summed E-state index contributed by atoms with van der Waals surface area (Å²) < 4.78 is 0. The molecule has 0 bridgehead atoms. The molecule has 0 aliphatic carbocycles. The Balaban J connectivity index is 2.53. The van der Waals surface area contributed by atoms with Crippen LogP contribution in [0.15, 0.2) is 37.2 Å². The molecule has 0 amide bonds. The minimum absolute atomic E-state index is 0.406. The monoisotopic (exact) mass is 163 g/mol. The third kappa shape index (κ3) is 2.47. The summed E-state index contributed by atoms with van der Waals surface area (Å²) in [6.07, 6.45) is 6.33. The summed E-state index contributed by atoms with van der Waals surface area (Å²) in [4.78, 5) is 3.93. The van der Waals surface area contributed by atoms with Crippen LogP contribution in [0.3, 0.4) is 0 Å². The zero-order valence-electron chi connectivity index (χ0n) is 6.98. The van der Waals surface area contributed by atoms with Crippen LogP contribution in [0.5, 0.6) is 0 Å². The van der Waals surface area contributed by atoms with Crippen molar-refractivity contribution in [3.63, 3.8) is 0 Å². The van der Waals surface area contributed by atoms with E-state index in [0.717, 1.165) is 18.4 Å². The minimum Gasteiger partial charge on any atom is -0.388 e. The van der Waals surface area contributed by atoms with Crippen LogP contribution >= 0.6 is 0 Å². The standard InChI is InChI=1S/C10H13NO/c1-2-3-6-10(12)9-5-4-7-11-8-9/h2,4-5,7-8,10,12H,1,3,6H2. The van der Waals surface area contributed by atoms with Crippen molar-refractivity contribution in [3.05, 3.63) is 42.7 Å². The number of allylic oxidation sites excluding steroid dienone is 1. The highest BCUT2D eigenvalue weighted by atomic mass is 16.3. The summed E-state index contributed by atoms with van der Waals surface area (Å²) in [5.41, 5.74) is 0.874. The van der Waals surface area contributed by atoms with Crippen molar-refractivity contribution in [3.8, 4) is 0 Å². The molecular formula is C10H13NO. The first-order valence-corrected chi connectivity index (χ1v) is 4.03. The molecule has 0 saturated heterocycles. The largest absolute Gasteiger partial charge is 0.388 e. The fraction of sp³-hybridized carbons (Fsp3) is 0.300. The van der Waals surface area contributed by atoms with Crippen LogP contribution in [-0.2, 0) is 0 Å². The normalized spacial score (nSPS) is 12.4. The van der Waals surface area contributed by atoms with Crippen molar-refractivity contribution in [2.75, 3.05) is 0 Å². The van der Waals surface area contributed by atoms with Gasteiger partial charge in [-0.05, 0) is 24.5 Å². The Morgan fingerprint density at radius 1 is 1.67 bits per heavy atom. The Kier molecular flexibility index (Phi) is 3.48. The number of hydrogen-bond donors (Lipinski definition) is 1. The average molecular weight is 163 g/mol. The first-order chi connectivity index (χ1) is 5.84. The Bertz CT molecular complexity index is 233. The van der Waals surface area contributed by atoms with Gasteiger partial charge in [-0.25, -0.2) is 0 Å². The molecule has 1 N–H and O–H groups in total. The highest BCUT2D eigenvalue weighted by Crippen LogP contribution is 2.16. The van der Waals surface area contributed by atoms with Crippen molar-refractivity contribution < 1.29 is 5.11 Å². The lowest BCUT2D eigenvalue weighted by molar-refractivity contribution is 0.168. The lowest BCUT2D eigenvalue weighted by atomic mass is 10.1. The zero-order valence-corrected chi connectivity index (χ0v) is 6.98. The van der Waals surface area contributed by atoms with E-state index in [1.165, 1.54) is 0 Å². The number of aromatic nitrogens is 1. The number of rotatable bonds is 4. The van der Waals surface area contributed by atoms with Gasteiger partial charge in [-0.15, -0.1) is 6.58 Å². The van der Waals surface area contributed by atoms with Gasteiger partial charge in [0, 0.05) is 12.4 Å². The third-order valence-corrected chi connectivity index (χ3v) is 1.71. The summed E-state index contributed by atoms with van der Waals surface area (Å²) in [5.74, 6) is 0. The maximum atomic E-state index is 9.56. The summed E-state index contributed by atoms with van der Waals surface area (Å²) in [7, 11) is 0. The van der Waals surface area contributed by atoms with Gasteiger partial charge in [0.25, 0.3) is 0 Å². The molecule has 2 nitrogen and oxygen atoms in total. The highest BCUT2D eigenvalue weighted by Gasteiger charge is 2.04. The molecular weight excluding hydrogens is 150 g/mol. The molecule has 2 heteroatoms. The Morgan fingerprint density at radius 2 is 2.50 bits per heavy atom. The molecule has 0 aromatic carbocycles. The highest BCUT2D eigenvalue weighted by molar-refractivity contribution is 5.11. The fourth-order valence-corrected chi connectivity index (χ4v) is 1.02. The minimum atomic E-state index is -0.406. The van der Waals surface area contributed by atoms with Gasteiger partial charge in [-0.1, -0.05) is 12.1 Å². The van der Waals surface area contributed by atoms with E-state index in [-0.39, 0.29) is 0 Å². The van der Waals surface area contributed by atoms with Crippen molar-refractivity contribution in [2.45, 2.75) is 18.9 Å². The third-order valence-electron chi connectivity index (χ3n) is 1.71. The number of hydrogen-bond acceptors (Lipinski definition) is 2. The quantitative estimate of drug-likeness (QED) is 0.689. The summed E-state index contributed by atoms with van der Waals surface area (Å²) in [6, 6.07) is 3.70. The van der Waals surface area contributed by atoms with E-state index >= 15 is 0 Å². The van der Waals surface area contributed by atoms with E-state index < -0.39 is 6.10 Å². The maximum Gasteiger partial charge on any atom is 0.0807 e. The molecule has 1 heterocycles. The number of aliphatic hydroxyl groups excluding tert-OH is 1. The molecule has 64 valence electrons. The fourth-order valence-electron chi connectivity index (χ4n) is 1.02. The second kappa shape index (κ2) is 4.67. The van der Waals surface area contributed by atoms with Gasteiger partial charge >= 0.3 is 0 Å². The zero-order chi connectivity index (χ0) is 8.81. The van der Waals surface area contributed by atoms with Crippen LogP contribution in [-0.4, -0.2) is 10.1 Å². The van der Waals surface area contributed by atoms with E-state index in [1.807, 2.05) is 12.1 Å². The molecule has 1 unspecified atom stereocenters. The predicted molar refractivity (Wildman–Crippen MR) is 48.6 cm³/mol. The lowest BCUT2D eigenvalue weighted by Crippen LogP contribution is -1.96. The predicted octanol–water partition coefficient (Wildman–Crippen LogP) is 2.08. The topological polar surface area (TPSA) is 33.1 Å². The van der Waals surface area contributed by atoms with Gasteiger partial charge in [0.05, 0.1) is 6.10 Å². The molecule has 12 heavy (non-hydrogen) atoms. The van der Waals surface area contributed by atoms with E-state index in [0.29, 0.717) is 0 Å². The molecule has 0 radical (unpaired) electrons. The molecule has 1 aromatic heterocycles. The smallest absolute Gasteiger partial charge is 0.0807 e. The number of nitrogens with zero attached hydrogens (tertiary/aromatic N) is 1. The van der Waals surface area contributed by atoms with Crippen LogP contribution in [0.4, 0.5) is 0 Å². The number of pyridine rings is 1. The van der Waals surface area contributed by atoms with Crippen LogP contribution < -0.4 is 0 Å². The SMILES string of the molecule is C=CCCC(O)c1cccnc1. The molecule has 0 fully saturated rings. The Labute approximate surface area is 72.6 Å². The number of aliphatic hydroxyl groups is 1. The van der Waals surface area contributed by atoms with Crippen LogP contribution in [0.25, 0.3) is 0 Å². The van der Waals surface area contributed by atoms with E-state index in [2.05, 4.69) is 11.6 Å². The summed E-state index contributed by atoms with van der Waals surface area (Å²) in [6.45, 7) is 3.60. The molecule has 1 rings (SSSR count). The Hall–Kier alpha value is -1.15. The molecule has 0 aliphatic heterocycles. The van der Waals surface area contributed by atoms with Crippen molar-refractivity contribution >= 4 is 0 Å². The molecule has 1 atom stereocenters. The van der Waals surface area contributed by atoms with Crippen molar-refractivity contribution in [1.82, 2.24) is 4.98 Å². The maximum absolute atomic E-state index is 9.56. The molecule has 1 aromatic rings. The summed E-state index contributed by atoms with van der Waals surface area (Å²) >= 11 is 0. The van der Waals surface area contributed by atoms with Crippen molar-refractivity contribution in [1.29, 1.82) is 0 Å². The molecule has 0 spiro atoms. The van der Waals surface area contributed by atoms with E-state index in [1.54, 1.807) is 18.5 Å². The molecule has 0 aliphatic rings. The summed E-state index contributed by atoms with van der Waals surface area (Å²) in [5, 5.41) is 9.56. The average Bonchev–Trinajstić information content (AvgIpc) is 2.15. The van der Waals surface area contributed by atoms with Crippen LogP contribution in [0.1, 0.15) is 24.5 Å². The molecule has 0 saturated carbocycles. The van der Waals surface area contributed by atoms with Gasteiger partial charge in [-0.3, -0.25) is 4.98 Å². The van der Waals surface area contributed by atoms with Crippen LogP contribution in [0, 0.1) is 0 Å². The second-order valence-corrected chi connectivity index (χ2v) is 2.67. The van der Waals surface area contributed by atoms with E-state index in [4.69, 9.17) is 0 Å².